The molecule has 1 aliphatic carbocycles. The van der Waals surface area contributed by atoms with Crippen molar-refractivity contribution in [1.29, 1.82) is 0 Å². The second-order valence-electron chi connectivity index (χ2n) is 6.21. The molecule has 1 saturated heterocycles. The largest absolute Gasteiger partial charge is 0.229 e. The van der Waals surface area contributed by atoms with Crippen molar-refractivity contribution < 1.29 is 4.58 Å². The third-order valence-corrected chi connectivity index (χ3v) is 4.12. The summed E-state index contributed by atoms with van der Waals surface area (Å²) < 4.78 is 2.65. The van der Waals surface area contributed by atoms with Gasteiger partial charge in [-0.2, -0.15) is 0 Å². The molecular weight excluding hydrogens is 158 g/mol. The maximum absolute atomic E-state index is 2.65. The van der Waals surface area contributed by atoms with Crippen molar-refractivity contribution in [2.45, 2.75) is 59.5 Å². The Labute approximate surface area is 81.8 Å². The van der Waals surface area contributed by atoms with Crippen molar-refractivity contribution in [3.63, 3.8) is 0 Å². The van der Waals surface area contributed by atoms with Crippen LogP contribution >= 0.6 is 0 Å². The highest BCUT2D eigenvalue weighted by atomic mass is 15.2. The molecule has 2 unspecified atom stereocenters. The standard InChI is InChI=1S/C12H22N/c1-8(2)13-10-9(12(10,5)6)7-11(13,3)4/h9-10H,7H2,1-6H3/q+1. The van der Waals surface area contributed by atoms with E-state index in [1.54, 1.807) is 0 Å². The molecule has 2 aliphatic rings. The second kappa shape index (κ2) is 2.18. The molecule has 0 aromatic heterocycles. The van der Waals surface area contributed by atoms with E-state index in [0.29, 0.717) is 11.0 Å². The predicted octanol–water partition coefficient (Wildman–Crippen LogP) is 2.69. The number of piperidine rings is 1. The Morgan fingerprint density at radius 3 is 2.00 bits per heavy atom. The number of hydrogen-bond acceptors (Lipinski definition) is 0. The Balaban J connectivity index is 2.39. The molecule has 1 heteroatoms. The van der Waals surface area contributed by atoms with Crippen molar-refractivity contribution in [3.05, 3.63) is 0 Å². The van der Waals surface area contributed by atoms with Crippen LogP contribution in [0, 0.1) is 11.3 Å². The molecule has 0 aromatic carbocycles. The minimum atomic E-state index is 0.406. The van der Waals surface area contributed by atoms with E-state index in [0.717, 1.165) is 12.0 Å². The fraction of sp³-hybridized carbons (Fsp3) is 0.917. The predicted molar refractivity (Wildman–Crippen MR) is 56.4 cm³/mol. The number of rotatable bonds is 0. The summed E-state index contributed by atoms with van der Waals surface area (Å²) in [7, 11) is 0. The van der Waals surface area contributed by atoms with E-state index in [-0.39, 0.29) is 0 Å². The highest BCUT2D eigenvalue weighted by molar-refractivity contribution is 5.74. The number of fused-ring (bicyclic) bond motifs is 1. The average Bonchev–Trinajstić information content (AvgIpc) is 2.38. The van der Waals surface area contributed by atoms with Gasteiger partial charge in [0.1, 0.15) is 5.71 Å². The lowest BCUT2D eigenvalue weighted by atomic mass is 9.93. The van der Waals surface area contributed by atoms with Crippen LogP contribution in [-0.4, -0.2) is 21.9 Å². The lowest BCUT2D eigenvalue weighted by Crippen LogP contribution is -2.39. The zero-order valence-electron chi connectivity index (χ0n) is 9.81. The van der Waals surface area contributed by atoms with Crippen LogP contribution in [0.5, 0.6) is 0 Å². The van der Waals surface area contributed by atoms with Crippen molar-refractivity contribution in [1.82, 2.24) is 0 Å². The molecule has 1 aliphatic heterocycles. The van der Waals surface area contributed by atoms with Crippen LogP contribution in [0.25, 0.3) is 0 Å². The summed E-state index contributed by atoms with van der Waals surface area (Å²) in [6.45, 7) is 14.1. The van der Waals surface area contributed by atoms with Crippen molar-refractivity contribution >= 4 is 5.71 Å². The fourth-order valence-electron chi connectivity index (χ4n) is 3.50. The number of nitrogens with zero attached hydrogens (tertiary/aromatic N) is 1. The molecule has 0 aromatic rings. The molecule has 0 spiro atoms. The Kier molecular flexibility index (Phi) is 1.55. The quantitative estimate of drug-likeness (QED) is 0.504. The fourth-order valence-corrected chi connectivity index (χ4v) is 3.50. The lowest BCUT2D eigenvalue weighted by Gasteiger charge is -2.22. The van der Waals surface area contributed by atoms with Crippen LogP contribution in [0.2, 0.25) is 0 Å². The molecule has 74 valence electrons. The summed E-state index contributed by atoms with van der Waals surface area (Å²) in [5.74, 6) is 0.942. The van der Waals surface area contributed by atoms with E-state index in [1.807, 2.05) is 0 Å². The van der Waals surface area contributed by atoms with Gasteiger partial charge in [0, 0.05) is 31.6 Å². The van der Waals surface area contributed by atoms with Crippen molar-refractivity contribution in [3.8, 4) is 0 Å². The second-order valence-corrected chi connectivity index (χ2v) is 6.21. The zero-order valence-corrected chi connectivity index (χ0v) is 9.81. The van der Waals surface area contributed by atoms with Gasteiger partial charge in [-0.1, -0.05) is 13.8 Å². The van der Waals surface area contributed by atoms with E-state index in [4.69, 9.17) is 0 Å². The van der Waals surface area contributed by atoms with Gasteiger partial charge in [-0.05, 0) is 13.8 Å². The summed E-state index contributed by atoms with van der Waals surface area (Å²) in [6, 6.07) is 0.826. The van der Waals surface area contributed by atoms with Crippen LogP contribution in [0.1, 0.15) is 48.0 Å². The first-order chi connectivity index (χ1) is 5.78. The highest BCUT2D eigenvalue weighted by Crippen LogP contribution is 2.63. The van der Waals surface area contributed by atoms with E-state index >= 15 is 0 Å². The monoisotopic (exact) mass is 180 g/mol. The Bertz CT molecular complexity index is 279. The van der Waals surface area contributed by atoms with E-state index < -0.39 is 0 Å². The van der Waals surface area contributed by atoms with E-state index in [2.05, 4.69) is 46.1 Å². The van der Waals surface area contributed by atoms with Gasteiger partial charge in [0.15, 0.2) is 11.6 Å². The molecule has 1 heterocycles. The lowest BCUT2D eigenvalue weighted by molar-refractivity contribution is -0.605. The smallest absolute Gasteiger partial charge is 0.162 e. The third kappa shape index (κ3) is 1.02. The molecule has 0 N–H and O–H groups in total. The van der Waals surface area contributed by atoms with Crippen molar-refractivity contribution in [2.75, 3.05) is 0 Å². The highest BCUT2D eigenvalue weighted by Gasteiger charge is 2.74. The molecule has 2 atom stereocenters. The molecule has 1 saturated carbocycles. The topological polar surface area (TPSA) is 3.01 Å². The first-order valence-electron chi connectivity index (χ1n) is 5.38. The summed E-state index contributed by atoms with van der Waals surface area (Å²) in [5.41, 5.74) is 2.47. The summed E-state index contributed by atoms with van der Waals surface area (Å²) >= 11 is 0. The molecule has 0 bridgehead atoms. The van der Waals surface area contributed by atoms with Gasteiger partial charge in [-0.25, -0.2) is 4.58 Å². The van der Waals surface area contributed by atoms with E-state index in [9.17, 15) is 0 Å². The Morgan fingerprint density at radius 1 is 1.15 bits per heavy atom. The Hall–Kier alpha value is -0.330. The van der Waals surface area contributed by atoms with Gasteiger partial charge in [-0.15, -0.1) is 0 Å². The van der Waals surface area contributed by atoms with Gasteiger partial charge in [0.2, 0.25) is 0 Å². The minimum Gasteiger partial charge on any atom is -0.229 e. The van der Waals surface area contributed by atoms with Crippen LogP contribution in [0.15, 0.2) is 0 Å². The van der Waals surface area contributed by atoms with Gasteiger partial charge < -0.3 is 0 Å². The van der Waals surface area contributed by atoms with Crippen LogP contribution in [-0.2, 0) is 0 Å². The summed E-state index contributed by atoms with van der Waals surface area (Å²) in [6.07, 6.45) is 1.37. The first-order valence-corrected chi connectivity index (χ1v) is 5.38. The normalized spacial score (nSPS) is 38.8. The first kappa shape index (κ1) is 9.23. The van der Waals surface area contributed by atoms with Gasteiger partial charge in [0.05, 0.1) is 0 Å². The molecule has 13 heavy (non-hydrogen) atoms. The zero-order chi connectivity index (χ0) is 10.0. The molecule has 1 nitrogen and oxygen atoms in total. The molecule has 2 rings (SSSR count). The average molecular weight is 180 g/mol. The van der Waals surface area contributed by atoms with E-state index in [1.165, 1.54) is 12.1 Å². The van der Waals surface area contributed by atoms with Crippen LogP contribution < -0.4 is 0 Å². The molecule has 2 fully saturated rings. The van der Waals surface area contributed by atoms with Gasteiger partial charge in [0.25, 0.3) is 0 Å². The minimum absolute atomic E-state index is 0.406. The van der Waals surface area contributed by atoms with Crippen LogP contribution in [0.3, 0.4) is 0 Å². The third-order valence-electron chi connectivity index (χ3n) is 4.12. The van der Waals surface area contributed by atoms with Crippen molar-refractivity contribution in [2.24, 2.45) is 11.3 Å². The maximum atomic E-state index is 2.65. The summed E-state index contributed by atoms with van der Waals surface area (Å²) in [5, 5.41) is 0. The Morgan fingerprint density at radius 2 is 1.69 bits per heavy atom. The summed E-state index contributed by atoms with van der Waals surface area (Å²) in [4.78, 5) is 0. The SMILES string of the molecule is CC(C)=[N+]1C2C(CC1(C)C)C2(C)C. The van der Waals surface area contributed by atoms with Gasteiger partial charge in [-0.3, -0.25) is 0 Å². The maximum Gasteiger partial charge on any atom is 0.162 e. The van der Waals surface area contributed by atoms with Crippen LogP contribution in [0.4, 0.5) is 0 Å². The number of hydrogen-bond donors (Lipinski definition) is 0. The molecule has 0 radical (unpaired) electrons. The van der Waals surface area contributed by atoms with Gasteiger partial charge >= 0.3 is 0 Å². The molecule has 0 amide bonds. The molecular formula is C12H22N+.